The van der Waals surface area contributed by atoms with Crippen LogP contribution < -0.4 is 4.74 Å². The summed E-state index contributed by atoms with van der Waals surface area (Å²) in [5.41, 5.74) is 0.653. The van der Waals surface area contributed by atoms with Crippen molar-refractivity contribution in [3.8, 4) is 17.1 Å². The van der Waals surface area contributed by atoms with Gasteiger partial charge in [-0.1, -0.05) is 0 Å². The van der Waals surface area contributed by atoms with E-state index in [0.29, 0.717) is 21.7 Å². The van der Waals surface area contributed by atoms with Gasteiger partial charge in [0.1, 0.15) is 11.5 Å². The Labute approximate surface area is 105 Å². The smallest absolute Gasteiger partial charge is 0.273 e. The SMILES string of the molecule is COc1cc([N+](=O)[O-])ccc1-c1ccc(Br)o1. The minimum Gasteiger partial charge on any atom is -0.496 e. The molecule has 0 atom stereocenters. The first-order valence-electron chi connectivity index (χ1n) is 4.70. The van der Waals surface area contributed by atoms with E-state index in [1.807, 2.05) is 0 Å². The maximum Gasteiger partial charge on any atom is 0.273 e. The van der Waals surface area contributed by atoms with Crippen LogP contribution in [0.4, 0.5) is 5.69 Å². The van der Waals surface area contributed by atoms with Crippen molar-refractivity contribution in [3.05, 3.63) is 45.1 Å². The number of benzene rings is 1. The number of methoxy groups -OCH3 is 1. The number of ether oxygens (including phenoxy) is 1. The van der Waals surface area contributed by atoms with Crippen molar-refractivity contribution in [3.63, 3.8) is 0 Å². The Balaban J connectivity index is 2.51. The van der Waals surface area contributed by atoms with Gasteiger partial charge in [-0.3, -0.25) is 10.1 Å². The number of nitro benzene ring substituents is 1. The maximum atomic E-state index is 10.6. The third-order valence-electron chi connectivity index (χ3n) is 2.23. The van der Waals surface area contributed by atoms with Crippen LogP contribution in [-0.2, 0) is 0 Å². The van der Waals surface area contributed by atoms with Crippen molar-refractivity contribution in [2.45, 2.75) is 0 Å². The fraction of sp³-hybridized carbons (Fsp3) is 0.0909. The molecule has 0 N–H and O–H groups in total. The minimum absolute atomic E-state index is 0.0174. The largest absolute Gasteiger partial charge is 0.496 e. The molecule has 2 aromatic rings. The molecule has 0 saturated carbocycles. The molecule has 0 aliphatic carbocycles. The molecule has 0 amide bonds. The van der Waals surface area contributed by atoms with E-state index in [1.54, 1.807) is 18.2 Å². The van der Waals surface area contributed by atoms with Crippen molar-refractivity contribution in [1.29, 1.82) is 0 Å². The standard InChI is InChI=1S/C11H8BrNO4/c1-16-10-6-7(13(14)15)2-3-8(10)9-4-5-11(12)17-9/h2-6H,1H3. The van der Waals surface area contributed by atoms with Crippen LogP contribution in [0.15, 0.2) is 39.4 Å². The molecule has 0 unspecified atom stereocenters. The Morgan fingerprint density at radius 1 is 1.35 bits per heavy atom. The van der Waals surface area contributed by atoms with Gasteiger partial charge in [0, 0.05) is 6.07 Å². The molecule has 0 aliphatic rings. The summed E-state index contributed by atoms with van der Waals surface area (Å²) in [4.78, 5) is 10.2. The summed E-state index contributed by atoms with van der Waals surface area (Å²) >= 11 is 3.20. The molecule has 0 radical (unpaired) electrons. The minimum atomic E-state index is -0.468. The normalized spacial score (nSPS) is 10.2. The zero-order valence-electron chi connectivity index (χ0n) is 8.84. The number of nitrogens with zero attached hydrogens (tertiary/aromatic N) is 1. The highest BCUT2D eigenvalue weighted by Gasteiger charge is 2.14. The zero-order chi connectivity index (χ0) is 12.4. The van der Waals surface area contributed by atoms with Crippen LogP contribution in [0.1, 0.15) is 0 Å². The van der Waals surface area contributed by atoms with Gasteiger partial charge in [0.2, 0.25) is 0 Å². The number of hydrogen-bond donors (Lipinski definition) is 0. The molecule has 1 aromatic carbocycles. The third kappa shape index (κ3) is 2.31. The Kier molecular flexibility index (Phi) is 3.14. The van der Waals surface area contributed by atoms with Gasteiger partial charge in [-0.15, -0.1) is 0 Å². The summed E-state index contributed by atoms with van der Waals surface area (Å²) in [5.74, 6) is 0.990. The molecule has 0 aliphatic heterocycles. The molecule has 88 valence electrons. The lowest BCUT2D eigenvalue weighted by Crippen LogP contribution is -1.91. The van der Waals surface area contributed by atoms with Crippen LogP contribution in [0.2, 0.25) is 0 Å². The fourth-order valence-corrected chi connectivity index (χ4v) is 1.76. The first-order chi connectivity index (χ1) is 8.11. The highest BCUT2D eigenvalue weighted by Crippen LogP contribution is 2.34. The van der Waals surface area contributed by atoms with Gasteiger partial charge < -0.3 is 9.15 Å². The van der Waals surface area contributed by atoms with Crippen LogP contribution >= 0.6 is 15.9 Å². The van der Waals surface area contributed by atoms with E-state index >= 15 is 0 Å². The fourth-order valence-electron chi connectivity index (χ4n) is 1.46. The highest BCUT2D eigenvalue weighted by molar-refractivity contribution is 9.10. The lowest BCUT2D eigenvalue weighted by molar-refractivity contribution is -0.384. The van der Waals surface area contributed by atoms with Gasteiger partial charge in [0.15, 0.2) is 4.67 Å². The second-order valence-electron chi connectivity index (χ2n) is 3.25. The van der Waals surface area contributed by atoms with Gasteiger partial charge in [-0.25, -0.2) is 0 Å². The maximum absolute atomic E-state index is 10.6. The molecule has 0 spiro atoms. The van der Waals surface area contributed by atoms with Crippen molar-refractivity contribution in [1.82, 2.24) is 0 Å². The average molecular weight is 298 g/mol. The Hall–Kier alpha value is -1.82. The molecule has 0 saturated heterocycles. The average Bonchev–Trinajstić information content (AvgIpc) is 2.74. The van der Waals surface area contributed by atoms with Crippen molar-refractivity contribution in [2.24, 2.45) is 0 Å². The summed E-state index contributed by atoms with van der Waals surface area (Å²) in [5, 5.41) is 10.6. The van der Waals surface area contributed by atoms with E-state index in [0.717, 1.165) is 0 Å². The van der Waals surface area contributed by atoms with Crippen LogP contribution in [0.3, 0.4) is 0 Å². The van der Waals surface area contributed by atoms with E-state index in [-0.39, 0.29) is 5.69 Å². The van der Waals surface area contributed by atoms with Crippen LogP contribution in [0.25, 0.3) is 11.3 Å². The van der Waals surface area contributed by atoms with E-state index in [4.69, 9.17) is 9.15 Å². The first-order valence-corrected chi connectivity index (χ1v) is 5.49. The Morgan fingerprint density at radius 3 is 2.65 bits per heavy atom. The third-order valence-corrected chi connectivity index (χ3v) is 2.66. The van der Waals surface area contributed by atoms with Crippen molar-refractivity contribution < 1.29 is 14.1 Å². The zero-order valence-corrected chi connectivity index (χ0v) is 10.4. The van der Waals surface area contributed by atoms with Crippen LogP contribution in [0.5, 0.6) is 5.75 Å². The van der Waals surface area contributed by atoms with Gasteiger partial charge in [-0.05, 0) is 34.1 Å². The van der Waals surface area contributed by atoms with E-state index in [9.17, 15) is 10.1 Å². The van der Waals surface area contributed by atoms with E-state index < -0.39 is 4.92 Å². The molecule has 17 heavy (non-hydrogen) atoms. The summed E-state index contributed by atoms with van der Waals surface area (Å²) in [6.07, 6.45) is 0. The topological polar surface area (TPSA) is 65.5 Å². The Morgan fingerprint density at radius 2 is 2.12 bits per heavy atom. The molecule has 0 fully saturated rings. The number of furan rings is 1. The quantitative estimate of drug-likeness (QED) is 0.641. The second kappa shape index (κ2) is 4.58. The molecule has 6 heteroatoms. The lowest BCUT2D eigenvalue weighted by atomic mass is 10.1. The Bertz CT molecular complexity index is 564. The molecule has 5 nitrogen and oxygen atoms in total. The summed E-state index contributed by atoms with van der Waals surface area (Å²) in [7, 11) is 1.46. The van der Waals surface area contributed by atoms with Gasteiger partial charge in [-0.2, -0.15) is 0 Å². The van der Waals surface area contributed by atoms with Crippen molar-refractivity contribution in [2.75, 3.05) is 7.11 Å². The van der Waals surface area contributed by atoms with Crippen LogP contribution in [-0.4, -0.2) is 12.0 Å². The number of halogens is 1. The predicted molar refractivity (Wildman–Crippen MR) is 65.1 cm³/mol. The van der Waals surface area contributed by atoms with Crippen molar-refractivity contribution >= 4 is 21.6 Å². The summed E-state index contributed by atoms with van der Waals surface area (Å²) in [6, 6.07) is 7.88. The molecule has 1 aromatic heterocycles. The summed E-state index contributed by atoms with van der Waals surface area (Å²) < 4.78 is 11.1. The summed E-state index contributed by atoms with van der Waals surface area (Å²) in [6.45, 7) is 0. The number of nitro groups is 1. The lowest BCUT2D eigenvalue weighted by Gasteiger charge is -2.05. The number of non-ortho nitro benzene ring substituents is 1. The number of rotatable bonds is 3. The van der Waals surface area contributed by atoms with E-state index in [2.05, 4.69) is 15.9 Å². The van der Waals surface area contributed by atoms with E-state index in [1.165, 1.54) is 19.2 Å². The monoisotopic (exact) mass is 297 g/mol. The molecular formula is C11H8BrNO4. The first kappa shape index (κ1) is 11.7. The number of hydrogen-bond acceptors (Lipinski definition) is 4. The van der Waals surface area contributed by atoms with Gasteiger partial charge in [0.25, 0.3) is 5.69 Å². The molecular weight excluding hydrogens is 290 g/mol. The highest BCUT2D eigenvalue weighted by atomic mass is 79.9. The van der Waals surface area contributed by atoms with Gasteiger partial charge >= 0.3 is 0 Å². The molecule has 2 rings (SSSR count). The second-order valence-corrected chi connectivity index (χ2v) is 4.03. The van der Waals surface area contributed by atoms with Crippen LogP contribution in [0, 0.1) is 10.1 Å². The predicted octanol–water partition coefficient (Wildman–Crippen LogP) is 3.63. The van der Waals surface area contributed by atoms with Gasteiger partial charge in [0.05, 0.1) is 23.7 Å². The molecule has 0 bridgehead atoms. The molecule has 1 heterocycles.